The molecule has 2 heterocycles. The van der Waals surface area contributed by atoms with Crippen LogP contribution in [0.3, 0.4) is 0 Å². The number of aliphatic hydroxyl groups is 1. The molecule has 1 aromatic carbocycles. The Morgan fingerprint density at radius 2 is 2.09 bits per heavy atom. The van der Waals surface area contributed by atoms with Crippen molar-refractivity contribution in [3.05, 3.63) is 59.2 Å². The van der Waals surface area contributed by atoms with Gasteiger partial charge in [-0.1, -0.05) is 6.07 Å². The molecule has 3 aromatic rings. The lowest BCUT2D eigenvalue weighted by Crippen LogP contribution is -2.41. The summed E-state index contributed by atoms with van der Waals surface area (Å²) in [6, 6.07) is 1.29. The van der Waals surface area contributed by atoms with Gasteiger partial charge in [-0.05, 0) is 43.6 Å². The number of methoxy groups -OCH3 is 1. The van der Waals surface area contributed by atoms with Gasteiger partial charge in [0.1, 0.15) is 42.3 Å². The van der Waals surface area contributed by atoms with Crippen molar-refractivity contribution < 1.29 is 23.4 Å². The van der Waals surface area contributed by atoms with E-state index in [1.54, 1.807) is 18.7 Å². The predicted octanol–water partition coefficient (Wildman–Crippen LogP) is 2.90. The molecule has 0 fully saturated rings. The average Bonchev–Trinajstić information content (AvgIpc) is 3.43. The van der Waals surface area contributed by atoms with Crippen LogP contribution in [0.2, 0.25) is 0 Å². The largest absolute Gasteiger partial charge is 0.467 e. The van der Waals surface area contributed by atoms with Gasteiger partial charge >= 0.3 is 5.97 Å². The van der Waals surface area contributed by atoms with E-state index in [2.05, 4.69) is 15.2 Å². The highest BCUT2D eigenvalue weighted by atomic mass is 32.2. The molecule has 13 heteroatoms. The molecule has 0 aliphatic carbocycles. The van der Waals surface area contributed by atoms with E-state index in [1.165, 1.54) is 46.1 Å². The Bertz CT molecular complexity index is 1150. The minimum absolute atomic E-state index is 0.138. The van der Waals surface area contributed by atoms with Gasteiger partial charge in [0.25, 0.3) is 0 Å². The molecule has 0 bridgehead atoms. The van der Waals surface area contributed by atoms with Gasteiger partial charge < -0.3 is 9.84 Å². The summed E-state index contributed by atoms with van der Waals surface area (Å²) in [7, 11) is 1.29. The van der Waals surface area contributed by atoms with Gasteiger partial charge in [-0.3, -0.25) is 4.57 Å². The summed E-state index contributed by atoms with van der Waals surface area (Å²) in [5.74, 6) is -1.50. The number of rotatable bonds is 10. The van der Waals surface area contributed by atoms with E-state index in [0.29, 0.717) is 18.2 Å². The van der Waals surface area contributed by atoms with Gasteiger partial charge in [0.15, 0.2) is 4.77 Å². The van der Waals surface area contributed by atoms with Crippen LogP contribution < -0.4 is 0 Å². The molecule has 2 aromatic heterocycles. The molecule has 3 rings (SSSR count). The first-order chi connectivity index (χ1) is 15.7. The smallest absolute Gasteiger partial charge is 0.329 e. The zero-order valence-electron chi connectivity index (χ0n) is 18.3. The third kappa shape index (κ3) is 5.14. The molecule has 0 saturated carbocycles. The maximum atomic E-state index is 14.8. The second-order valence-electron chi connectivity index (χ2n) is 7.40. The summed E-state index contributed by atoms with van der Waals surface area (Å²) in [6.07, 6.45) is 6.40. The molecule has 0 aliphatic rings. The van der Waals surface area contributed by atoms with Crippen LogP contribution >= 0.6 is 24.0 Å². The Hall–Kier alpha value is -2.64. The Kier molecular flexibility index (Phi) is 7.97. The molecular formula is C20H24F2N6O3S2. The van der Waals surface area contributed by atoms with E-state index >= 15 is 0 Å². The van der Waals surface area contributed by atoms with Crippen molar-refractivity contribution in [1.82, 2.24) is 29.1 Å². The molecular weight excluding hydrogens is 474 g/mol. The molecule has 0 amide bonds. The zero-order chi connectivity index (χ0) is 24.2. The van der Waals surface area contributed by atoms with E-state index in [0.717, 1.165) is 6.07 Å². The number of halogens is 2. The van der Waals surface area contributed by atoms with E-state index in [-0.39, 0.29) is 16.9 Å². The number of carbonyl (C=O) groups excluding carboxylic acids is 1. The molecule has 0 aliphatic heterocycles. The van der Waals surface area contributed by atoms with E-state index in [1.807, 2.05) is 6.26 Å². The summed E-state index contributed by atoms with van der Waals surface area (Å²) < 4.78 is 37.6. The monoisotopic (exact) mass is 498 g/mol. The van der Waals surface area contributed by atoms with Crippen LogP contribution in [0.4, 0.5) is 8.78 Å². The first-order valence-corrected chi connectivity index (χ1v) is 11.8. The summed E-state index contributed by atoms with van der Waals surface area (Å²) >= 11 is 7.13. The SMILES string of the molecule is COC(=O)C(CCSC)n1cnn([C@H](C)[C@](O)(Cn2cncn2)c2ccc(F)cc2F)c1=S. The quantitative estimate of drug-likeness (QED) is 0.337. The van der Waals surface area contributed by atoms with Gasteiger partial charge in [0.2, 0.25) is 0 Å². The number of hydrogen-bond donors (Lipinski definition) is 1. The number of carbonyl (C=O) groups is 1. The van der Waals surface area contributed by atoms with Crippen molar-refractivity contribution in [3.63, 3.8) is 0 Å². The highest BCUT2D eigenvalue weighted by Gasteiger charge is 2.41. The lowest BCUT2D eigenvalue weighted by Gasteiger charge is -2.34. The standard InChI is InChI=1S/C20H24F2N6O3S2/c1-13(28-19(32)27(12-25-28)17(6-7-33-3)18(29)31-2)20(30,9-26-11-23-10-24-26)15-5-4-14(21)8-16(15)22/h4-5,8,10-13,17,30H,6-7,9H2,1-3H3/t13-,17?,20-/m1/s1. The average molecular weight is 499 g/mol. The van der Waals surface area contributed by atoms with Crippen molar-refractivity contribution in [2.24, 2.45) is 0 Å². The first-order valence-electron chi connectivity index (χ1n) is 9.95. The summed E-state index contributed by atoms with van der Waals surface area (Å²) in [5.41, 5.74) is -2.10. The fourth-order valence-corrected chi connectivity index (χ4v) is 4.43. The molecule has 1 N–H and O–H groups in total. The fraction of sp³-hybridized carbons (Fsp3) is 0.450. The van der Waals surface area contributed by atoms with Crippen LogP contribution in [-0.2, 0) is 21.7 Å². The number of aromatic nitrogens is 6. The minimum atomic E-state index is -1.94. The van der Waals surface area contributed by atoms with Crippen LogP contribution in [0.25, 0.3) is 0 Å². The van der Waals surface area contributed by atoms with Gasteiger partial charge in [0.05, 0.1) is 19.7 Å². The van der Waals surface area contributed by atoms with E-state index in [9.17, 15) is 18.7 Å². The summed E-state index contributed by atoms with van der Waals surface area (Å²) in [5, 5.41) is 20.0. The second kappa shape index (κ2) is 10.5. The van der Waals surface area contributed by atoms with Crippen LogP contribution in [0, 0.1) is 16.4 Å². The maximum absolute atomic E-state index is 14.8. The predicted molar refractivity (Wildman–Crippen MR) is 120 cm³/mol. The third-order valence-electron chi connectivity index (χ3n) is 5.45. The number of benzene rings is 1. The molecule has 0 radical (unpaired) electrons. The molecule has 9 nitrogen and oxygen atoms in total. The number of hydrogen-bond acceptors (Lipinski definition) is 8. The van der Waals surface area contributed by atoms with Gasteiger partial charge in [-0.15, -0.1) is 0 Å². The number of esters is 1. The molecule has 0 spiro atoms. The Balaban J connectivity index is 2.07. The summed E-state index contributed by atoms with van der Waals surface area (Å²) in [6.45, 7) is 1.39. The van der Waals surface area contributed by atoms with Gasteiger partial charge in [-0.25, -0.2) is 27.9 Å². The Morgan fingerprint density at radius 3 is 2.70 bits per heavy atom. The Morgan fingerprint density at radius 1 is 1.33 bits per heavy atom. The minimum Gasteiger partial charge on any atom is -0.467 e. The van der Waals surface area contributed by atoms with Crippen molar-refractivity contribution >= 4 is 29.9 Å². The van der Waals surface area contributed by atoms with Crippen LogP contribution in [0.15, 0.2) is 37.2 Å². The third-order valence-corrected chi connectivity index (χ3v) is 6.49. The van der Waals surface area contributed by atoms with Crippen LogP contribution in [0.5, 0.6) is 0 Å². The highest BCUT2D eigenvalue weighted by Crippen LogP contribution is 2.36. The molecule has 178 valence electrons. The molecule has 33 heavy (non-hydrogen) atoms. The van der Waals surface area contributed by atoms with Crippen molar-refractivity contribution in [1.29, 1.82) is 0 Å². The van der Waals surface area contributed by atoms with E-state index < -0.39 is 35.3 Å². The molecule has 3 atom stereocenters. The van der Waals surface area contributed by atoms with Gasteiger partial charge in [0, 0.05) is 11.6 Å². The van der Waals surface area contributed by atoms with Crippen molar-refractivity contribution in [3.8, 4) is 0 Å². The molecule has 0 saturated heterocycles. The molecule has 1 unspecified atom stereocenters. The second-order valence-corrected chi connectivity index (χ2v) is 8.75. The number of ether oxygens (including phenoxy) is 1. The first kappa shape index (κ1) is 25.0. The van der Waals surface area contributed by atoms with Crippen molar-refractivity contribution in [2.45, 2.75) is 37.6 Å². The maximum Gasteiger partial charge on any atom is 0.329 e. The fourth-order valence-electron chi connectivity index (χ4n) is 3.59. The zero-order valence-corrected chi connectivity index (χ0v) is 19.9. The number of nitrogens with zero attached hydrogens (tertiary/aromatic N) is 6. The normalized spacial score (nSPS) is 15.1. The Labute approximate surface area is 198 Å². The van der Waals surface area contributed by atoms with Gasteiger partial charge in [-0.2, -0.15) is 22.0 Å². The van der Waals surface area contributed by atoms with Crippen molar-refractivity contribution in [2.75, 3.05) is 19.1 Å². The lowest BCUT2D eigenvalue weighted by molar-refractivity contribution is -0.144. The summed E-state index contributed by atoms with van der Waals surface area (Å²) in [4.78, 5) is 16.2. The lowest BCUT2D eigenvalue weighted by atomic mass is 9.86. The van der Waals surface area contributed by atoms with Crippen LogP contribution in [0.1, 0.15) is 31.0 Å². The highest BCUT2D eigenvalue weighted by molar-refractivity contribution is 7.98. The number of thioether (sulfide) groups is 1. The van der Waals surface area contributed by atoms with Crippen LogP contribution in [-0.4, -0.2) is 59.3 Å². The topological polar surface area (TPSA) is 100.0 Å². The van der Waals surface area contributed by atoms with E-state index in [4.69, 9.17) is 17.0 Å².